The minimum Gasteiger partial charge on any atom is -0.481 e. The topological polar surface area (TPSA) is 126 Å². The van der Waals surface area contributed by atoms with E-state index in [0.717, 1.165) is 11.6 Å². The lowest BCUT2D eigenvalue weighted by atomic mass is 10.1. The summed E-state index contributed by atoms with van der Waals surface area (Å²) in [5.41, 5.74) is 1.37. The van der Waals surface area contributed by atoms with E-state index < -0.39 is 23.8 Å². The summed E-state index contributed by atoms with van der Waals surface area (Å²) in [7, 11) is 1.68. The summed E-state index contributed by atoms with van der Waals surface area (Å²) in [6.07, 6.45) is 1.52. The summed E-state index contributed by atoms with van der Waals surface area (Å²) < 4.78 is 26.4. The average molecular weight is 663 g/mol. The second-order valence-electron chi connectivity index (χ2n) is 11.2. The molecule has 244 valence electrons. The van der Waals surface area contributed by atoms with Gasteiger partial charge in [-0.05, 0) is 29.3 Å². The number of nitrogens with zero attached hydrogens (tertiary/aromatic N) is 5. The maximum Gasteiger partial charge on any atom is 0.324 e. The highest BCUT2D eigenvalue weighted by Gasteiger charge is 2.31. The smallest absolute Gasteiger partial charge is 0.324 e. The molecule has 0 saturated carbocycles. The zero-order valence-electron chi connectivity index (χ0n) is 25.6. The van der Waals surface area contributed by atoms with Gasteiger partial charge in [0, 0.05) is 45.8 Å². The first kappa shape index (κ1) is 32.0. The molecule has 0 aliphatic carbocycles. The number of amides is 3. The maximum atomic E-state index is 14.2. The lowest BCUT2D eigenvalue weighted by Gasteiger charge is -2.30. The van der Waals surface area contributed by atoms with Crippen LogP contribution in [0.3, 0.4) is 0 Å². The van der Waals surface area contributed by atoms with E-state index in [1.165, 1.54) is 21.4 Å². The van der Waals surface area contributed by atoms with Crippen LogP contribution in [0.4, 0.5) is 20.6 Å². The van der Waals surface area contributed by atoms with E-state index >= 15 is 0 Å². The highest BCUT2D eigenvalue weighted by Crippen LogP contribution is 2.30. The fraction of sp³-hybridized carbons (Fsp3) is 0.303. The molecular weight excluding hydrogens is 631 g/mol. The number of Topliss-reactive ketones (excluding diaryl/α,β-unsaturated/α-hetero) is 1. The molecule has 6 rings (SSSR count). The predicted octanol–water partition coefficient (Wildman–Crippen LogP) is 3.32. The van der Waals surface area contributed by atoms with E-state index in [4.69, 9.17) is 21.1 Å². The van der Waals surface area contributed by atoms with Gasteiger partial charge in [0.05, 0.1) is 36.2 Å². The lowest BCUT2D eigenvalue weighted by Crippen LogP contribution is -2.38. The van der Waals surface area contributed by atoms with Crippen LogP contribution in [0, 0.1) is 5.82 Å². The molecule has 0 bridgehead atoms. The number of nitrogens with one attached hydrogen (secondary N) is 1. The Morgan fingerprint density at radius 1 is 1.02 bits per heavy atom. The quantitative estimate of drug-likeness (QED) is 0.274. The lowest BCUT2D eigenvalue weighted by molar-refractivity contribution is -0.117. The van der Waals surface area contributed by atoms with Crippen LogP contribution in [0.25, 0.3) is 5.65 Å². The third-order valence-corrected chi connectivity index (χ3v) is 8.29. The Morgan fingerprint density at radius 2 is 1.79 bits per heavy atom. The monoisotopic (exact) mass is 662 g/mol. The molecule has 3 amide bonds. The van der Waals surface area contributed by atoms with Crippen molar-refractivity contribution in [2.45, 2.75) is 13.0 Å². The standard InChI is InChI=1S/C33H32ClFN6O6/c1-38-9-10-40(33(38)45)27-17-23(39-11-13-46-14-12-39)19-41-30(27)37-28(29(32(41)44)47-20-21-5-3-2-4-6-21)31(43)36-18-24(42)15-22-7-8-26(35)25(34)16-22/h2-8,16-17,19H,9-15,18,20H2,1H3,(H,36,43). The van der Waals surface area contributed by atoms with Gasteiger partial charge in [-0.3, -0.25) is 23.7 Å². The van der Waals surface area contributed by atoms with Crippen molar-refractivity contribution in [3.05, 3.63) is 98.8 Å². The molecule has 4 aromatic rings. The molecule has 0 atom stereocenters. The van der Waals surface area contributed by atoms with Crippen molar-refractivity contribution in [3.63, 3.8) is 0 Å². The van der Waals surface area contributed by atoms with E-state index in [0.29, 0.717) is 56.3 Å². The number of likely N-dealkylation sites (N-methyl/N-ethyl adjacent to an activating group) is 1. The second kappa shape index (κ2) is 13.8. The van der Waals surface area contributed by atoms with Crippen LogP contribution in [0.5, 0.6) is 5.75 Å². The van der Waals surface area contributed by atoms with Gasteiger partial charge in [0.25, 0.3) is 5.91 Å². The van der Waals surface area contributed by atoms with E-state index in [1.54, 1.807) is 24.2 Å². The Kier molecular flexibility index (Phi) is 9.36. The first-order valence-electron chi connectivity index (χ1n) is 15.1. The normalized spacial score (nSPS) is 15.0. The summed E-state index contributed by atoms with van der Waals surface area (Å²) in [5, 5.41) is 2.43. The Labute approximate surface area is 274 Å². The molecule has 47 heavy (non-hydrogen) atoms. The molecule has 2 saturated heterocycles. The Morgan fingerprint density at radius 3 is 2.49 bits per heavy atom. The number of anilines is 2. The summed E-state index contributed by atoms with van der Waals surface area (Å²) in [5.74, 6) is -2.11. The number of morpholine rings is 1. The van der Waals surface area contributed by atoms with Gasteiger partial charge in [0.1, 0.15) is 12.4 Å². The fourth-order valence-electron chi connectivity index (χ4n) is 5.47. The van der Waals surface area contributed by atoms with Crippen LogP contribution in [0.2, 0.25) is 5.02 Å². The second-order valence-corrected chi connectivity index (χ2v) is 11.7. The highest BCUT2D eigenvalue weighted by molar-refractivity contribution is 6.30. The molecule has 4 heterocycles. The molecule has 2 aliphatic rings. The average Bonchev–Trinajstić information content (AvgIpc) is 3.42. The van der Waals surface area contributed by atoms with Gasteiger partial charge in [0.2, 0.25) is 5.75 Å². The van der Waals surface area contributed by atoms with Crippen molar-refractivity contribution in [1.82, 2.24) is 19.6 Å². The van der Waals surface area contributed by atoms with E-state index in [1.807, 2.05) is 35.2 Å². The number of benzene rings is 2. The summed E-state index contributed by atoms with van der Waals surface area (Å²) in [6.45, 7) is 2.55. The molecule has 14 heteroatoms. The molecule has 0 spiro atoms. The van der Waals surface area contributed by atoms with Crippen LogP contribution in [-0.4, -0.2) is 85.0 Å². The number of pyridine rings is 1. The number of aromatic nitrogens is 2. The van der Waals surface area contributed by atoms with Crippen molar-refractivity contribution < 1.29 is 28.2 Å². The van der Waals surface area contributed by atoms with E-state index in [2.05, 4.69) is 10.3 Å². The van der Waals surface area contributed by atoms with Crippen molar-refractivity contribution >= 4 is 46.3 Å². The predicted molar refractivity (Wildman–Crippen MR) is 173 cm³/mol. The number of hydrogen-bond donors (Lipinski definition) is 1. The van der Waals surface area contributed by atoms with Crippen LogP contribution >= 0.6 is 11.6 Å². The van der Waals surface area contributed by atoms with Crippen LogP contribution in [-0.2, 0) is 22.6 Å². The number of ketones is 1. The van der Waals surface area contributed by atoms with Gasteiger partial charge in [0.15, 0.2) is 17.1 Å². The van der Waals surface area contributed by atoms with Gasteiger partial charge >= 0.3 is 11.6 Å². The summed E-state index contributed by atoms with van der Waals surface area (Å²) in [4.78, 5) is 63.6. The molecule has 0 radical (unpaired) electrons. The van der Waals surface area contributed by atoms with Crippen LogP contribution in [0.1, 0.15) is 21.6 Å². The van der Waals surface area contributed by atoms with Crippen LogP contribution < -0.4 is 25.4 Å². The largest absolute Gasteiger partial charge is 0.481 e. The maximum absolute atomic E-state index is 14.2. The highest BCUT2D eigenvalue weighted by atomic mass is 35.5. The fourth-order valence-corrected chi connectivity index (χ4v) is 5.68. The number of ether oxygens (including phenoxy) is 2. The number of halogens is 2. The third kappa shape index (κ3) is 6.91. The molecule has 2 aromatic carbocycles. The Hall–Kier alpha value is -5.01. The first-order chi connectivity index (χ1) is 22.7. The molecule has 2 fully saturated rings. The van der Waals surface area contributed by atoms with E-state index in [9.17, 15) is 23.6 Å². The number of rotatable bonds is 10. The number of carbonyl (C=O) groups excluding carboxylic acids is 3. The van der Waals surface area contributed by atoms with Crippen molar-refractivity contribution in [2.75, 3.05) is 62.8 Å². The zero-order valence-corrected chi connectivity index (χ0v) is 26.3. The molecular formula is C33H32ClFN6O6. The summed E-state index contributed by atoms with van der Waals surface area (Å²) >= 11 is 5.84. The van der Waals surface area contributed by atoms with Crippen molar-refractivity contribution in [1.29, 1.82) is 0 Å². The summed E-state index contributed by atoms with van der Waals surface area (Å²) in [6, 6.07) is 14.6. The SMILES string of the molecule is CN1CCN(c2cc(N3CCOCC3)cn3c(=O)c(OCc4ccccc4)c(C(=O)NCC(=O)Cc4ccc(F)c(Cl)c4)nc23)C1=O. The number of fused-ring (bicyclic) bond motifs is 1. The number of urea groups is 1. The Bertz CT molecular complexity index is 1900. The van der Waals surface area contributed by atoms with Gasteiger partial charge in [-0.1, -0.05) is 48.0 Å². The molecule has 2 aromatic heterocycles. The van der Waals surface area contributed by atoms with Gasteiger partial charge in [-0.25, -0.2) is 14.2 Å². The molecule has 2 aliphatic heterocycles. The molecule has 1 N–H and O–H groups in total. The van der Waals surface area contributed by atoms with Gasteiger partial charge in [-0.2, -0.15) is 0 Å². The minimum absolute atomic E-state index is 0.0280. The Balaban J connectivity index is 1.39. The van der Waals surface area contributed by atoms with Gasteiger partial charge in [-0.15, -0.1) is 0 Å². The van der Waals surface area contributed by atoms with Gasteiger partial charge < -0.3 is 24.6 Å². The number of carbonyl (C=O) groups is 3. The van der Waals surface area contributed by atoms with E-state index in [-0.39, 0.29) is 47.0 Å². The van der Waals surface area contributed by atoms with Crippen molar-refractivity contribution in [3.8, 4) is 5.75 Å². The van der Waals surface area contributed by atoms with Crippen LogP contribution in [0.15, 0.2) is 65.6 Å². The molecule has 0 unspecified atom stereocenters. The third-order valence-electron chi connectivity index (χ3n) is 8.01. The minimum atomic E-state index is -0.814. The number of hydrogen-bond acceptors (Lipinski definition) is 8. The first-order valence-corrected chi connectivity index (χ1v) is 15.4. The van der Waals surface area contributed by atoms with Crippen molar-refractivity contribution in [2.24, 2.45) is 0 Å². The zero-order chi connectivity index (χ0) is 33.1. The molecule has 12 nitrogen and oxygen atoms in total.